The lowest BCUT2D eigenvalue weighted by atomic mass is 10.2. The van der Waals surface area contributed by atoms with Gasteiger partial charge in [-0.15, -0.1) is 22.0 Å². The zero-order valence-electron chi connectivity index (χ0n) is 11.5. The monoisotopic (exact) mass is 302 g/mol. The van der Waals surface area contributed by atoms with Crippen LogP contribution in [-0.2, 0) is 17.1 Å². The van der Waals surface area contributed by atoms with E-state index in [9.17, 15) is 0 Å². The van der Waals surface area contributed by atoms with Gasteiger partial charge < -0.3 is 13.6 Å². The van der Waals surface area contributed by atoms with Crippen molar-refractivity contribution in [3.05, 3.63) is 54.1 Å². The summed E-state index contributed by atoms with van der Waals surface area (Å²) in [7, 11) is 1.69. The number of benzene rings is 1. The summed E-state index contributed by atoms with van der Waals surface area (Å²) in [5.74, 6) is 2.19. The van der Waals surface area contributed by atoms with Crippen LogP contribution in [-0.4, -0.2) is 17.3 Å². The van der Waals surface area contributed by atoms with Gasteiger partial charge in [0.1, 0.15) is 0 Å². The van der Waals surface area contributed by atoms with Gasteiger partial charge in [-0.2, -0.15) is 0 Å². The van der Waals surface area contributed by atoms with E-state index in [1.165, 1.54) is 0 Å². The molecule has 0 radical (unpaired) electrons. The summed E-state index contributed by atoms with van der Waals surface area (Å²) in [4.78, 5) is 1.15. The molecule has 1 aromatic carbocycles. The average molecular weight is 302 g/mol. The van der Waals surface area contributed by atoms with Crippen LogP contribution in [0, 0.1) is 0 Å². The van der Waals surface area contributed by atoms with Gasteiger partial charge in [0.25, 0.3) is 5.89 Å². The number of methoxy groups -OCH3 is 1. The van der Waals surface area contributed by atoms with Gasteiger partial charge in [-0.05, 0) is 29.8 Å². The molecular formula is C15H14N2O3S. The molecule has 0 aliphatic heterocycles. The summed E-state index contributed by atoms with van der Waals surface area (Å²) in [5, 5.41) is 7.99. The maximum Gasteiger partial charge on any atom is 0.283 e. The molecular weight excluding hydrogens is 288 g/mol. The van der Waals surface area contributed by atoms with E-state index in [1.54, 1.807) is 37.3 Å². The molecule has 0 saturated carbocycles. The van der Waals surface area contributed by atoms with Crippen molar-refractivity contribution >= 4 is 11.8 Å². The van der Waals surface area contributed by atoms with E-state index in [2.05, 4.69) is 22.3 Å². The normalized spacial score (nSPS) is 10.9. The van der Waals surface area contributed by atoms with Gasteiger partial charge in [0.2, 0.25) is 5.89 Å². The first-order chi connectivity index (χ1) is 10.3. The second kappa shape index (κ2) is 6.60. The zero-order valence-corrected chi connectivity index (χ0v) is 12.3. The number of aromatic nitrogens is 2. The molecule has 0 fully saturated rings. The molecule has 6 heteroatoms. The maximum absolute atomic E-state index is 5.56. The predicted octanol–water partition coefficient (Wildman–Crippen LogP) is 3.77. The van der Waals surface area contributed by atoms with Crippen molar-refractivity contribution in [3.8, 4) is 11.7 Å². The van der Waals surface area contributed by atoms with E-state index in [-0.39, 0.29) is 0 Å². The van der Waals surface area contributed by atoms with Crippen molar-refractivity contribution in [1.82, 2.24) is 10.2 Å². The smallest absolute Gasteiger partial charge is 0.283 e. The fourth-order valence-electron chi connectivity index (χ4n) is 1.81. The molecule has 21 heavy (non-hydrogen) atoms. The van der Waals surface area contributed by atoms with Crippen LogP contribution in [0.2, 0.25) is 0 Å². The van der Waals surface area contributed by atoms with E-state index in [1.807, 2.05) is 12.1 Å². The molecule has 0 spiro atoms. The Balaban J connectivity index is 1.60. The summed E-state index contributed by atoms with van der Waals surface area (Å²) < 4.78 is 15.9. The van der Waals surface area contributed by atoms with Crippen molar-refractivity contribution in [2.24, 2.45) is 0 Å². The highest BCUT2D eigenvalue weighted by Crippen LogP contribution is 2.25. The van der Waals surface area contributed by atoms with Crippen molar-refractivity contribution < 1.29 is 13.6 Å². The lowest BCUT2D eigenvalue weighted by Gasteiger charge is -2.01. The highest BCUT2D eigenvalue weighted by atomic mass is 32.2. The first-order valence-corrected chi connectivity index (χ1v) is 7.40. The third-order valence-corrected chi connectivity index (χ3v) is 3.79. The second-order valence-electron chi connectivity index (χ2n) is 4.34. The van der Waals surface area contributed by atoms with Gasteiger partial charge in [-0.1, -0.05) is 12.1 Å². The molecule has 0 bridgehead atoms. The zero-order chi connectivity index (χ0) is 14.5. The first kappa shape index (κ1) is 13.9. The number of hydrogen-bond acceptors (Lipinski definition) is 6. The van der Waals surface area contributed by atoms with Gasteiger partial charge in [0.15, 0.2) is 5.76 Å². The Morgan fingerprint density at radius 2 is 2.00 bits per heavy atom. The van der Waals surface area contributed by atoms with Crippen molar-refractivity contribution in [3.63, 3.8) is 0 Å². The number of thioether (sulfide) groups is 1. The van der Waals surface area contributed by atoms with Crippen LogP contribution in [0.15, 0.2) is 56.4 Å². The molecule has 0 saturated heterocycles. The van der Waals surface area contributed by atoms with E-state index in [0.717, 1.165) is 10.5 Å². The van der Waals surface area contributed by atoms with E-state index >= 15 is 0 Å². The largest absolute Gasteiger partial charge is 0.459 e. The third kappa shape index (κ3) is 3.53. The Morgan fingerprint density at radius 1 is 1.14 bits per heavy atom. The van der Waals surface area contributed by atoms with Crippen molar-refractivity contribution in [1.29, 1.82) is 0 Å². The van der Waals surface area contributed by atoms with Gasteiger partial charge in [0, 0.05) is 12.0 Å². The Labute approximate surface area is 126 Å². The molecule has 0 aliphatic carbocycles. The molecule has 3 rings (SSSR count). The number of hydrogen-bond donors (Lipinski definition) is 0. The van der Waals surface area contributed by atoms with Crippen LogP contribution >= 0.6 is 11.8 Å². The highest BCUT2D eigenvalue weighted by Gasteiger charge is 2.10. The van der Waals surface area contributed by atoms with Gasteiger partial charge in [0.05, 0.1) is 18.6 Å². The fraction of sp³-hybridized carbons (Fsp3) is 0.200. The average Bonchev–Trinajstić information content (AvgIpc) is 3.18. The summed E-state index contributed by atoms with van der Waals surface area (Å²) in [5.41, 5.74) is 1.15. The summed E-state index contributed by atoms with van der Waals surface area (Å²) >= 11 is 1.64. The summed E-state index contributed by atoms with van der Waals surface area (Å²) in [6.45, 7) is 0.626. The van der Waals surface area contributed by atoms with Gasteiger partial charge in [-0.25, -0.2) is 0 Å². The number of rotatable bonds is 6. The Hall–Kier alpha value is -2.05. The first-order valence-electron chi connectivity index (χ1n) is 6.42. The second-order valence-corrected chi connectivity index (χ2v) is 5.39. The number of furan rings is 1. The Kier molecular flexibility index (Phi) is 4.37. The van der Waals surface area contributed by atoms with Gasteiger partial charge >= 0.3 is 0 Å². The number of ether oxygens (including phenoxy) is 1. The van der Waals surface area contributed by atoms with Crippen molar-refractivity contribution in [2.75, 3.05) is 7.11 Å². The quantitative estimate of drug-likeness (QED) is 0.646. The molecule has 0 aliphatic rings. The van der Waals surface area contributed by atoms with Crippen LogP contribution in [0.1, 0.15) is 11.5 Å². The molecule has 0 amide bonds. The molecule has 0 atom stereocenters. The SMILES string of the molecule is COCc1ccc(SCc2nnc(-c3ccco3)o2)cc1. The molecule has 108 valence electrons. The molecule has 3 aromatic rings. The lowest BCUT2D eigenvalue weighted by Crippen LogP contribution is -1.86. The standard InChI is InChI=1S/C15H14N2O3S/c1-18-9-11-4-6-12(7-5-11)21-10-14-16-17-15(20-14)13-3-2-8-19-13/h2-8H,9-10H2,1H3. The fourth-order valence-corrected chi connectivity index (χ4v) is 2.54. The van der Waals surface area contributed by atoms with Gasteiger partial charge in [-0.3, -0.25) is 0 Å². The Bertz CT molecular complexity index is 677. The third-order valence-electron chi connectivity index (χ3n) is 2.80. The topological polar surface area (TPSA) is 61.3 Å². The molecule has 0 N–H and O–H groups in total. The molecule has 0 unspecified atom stereocenters. The van der Waals surface area contributed by atoms with Crippen LogP contribution in [0.5, 0.6) is 0 Å². The minimum atomic E-state index is 0.408. The molecule has 2 aromatic heterocycles. The lowest BCUT2D eigenvalue weighted by molar-refractivity contribution is 0.185. The van der Waals surface area contributed by atoms with E-state index < -0.39 is 0 Å². The number of nitrogens with zero attached hydrogens (tertiary/aromatic N) is 2. The van der Waals surface area contributed by atoms with Crippen LogP contribution in [0.4, 0.5) is 0 Å². The van der Waals surface area contributed by atoms with Crippen LogP contribution in [0.3, 0.4) is 0 Å². The molecule has 2 heterocycles. The Morgan fingerprint density at radius 3 is 2.71 bits per heavy atom. The van der Waals surface area contributed by atoms with Crippen LogP contribution < -0.4 is 0 Å². The summed E-state index contributed by atoms with van der Waals surface area (Å²) in [6, 6.07) is 11.8. The summed E-state index contributed by atoms with van der Waals surface area (Å²) in [6.07, 6.45) is 1.58. The minimum Gasteiger partial charge on any atom is -0.459 e. The maximum atomic E-state index is 5.56. The highest BCUT2D eigenvalue weighted by molar-refractivity contribution is 7.98. The van der Waals surface area contributed by atoms with Crippen LogP contribution in [0.25, 0.3) is 11.7 Å². The minimum absolute atomic E-state index is 0.408. The molecule has 5 nitrogen and oxygen atoms in total. The predicted molar refractivity (Wildman–Crippen MR) is 78.7 cm³/mol. The van der Waals surface area contributed by atoms with E-state index in [0.29, 0.717) is 29.9 Å². The van der Waals surface area contributed by atoms with E-state index in [4.69, 9.17) is 13.6 Å². The van der Waals surface area contributed by atoms with Crippen molar-refractivity contribution in [2.45, 2.75) is 17.3 Å².